The number of aryl methyl sites for hydroxylation is 1. The van der Waals surface area contributed by atoms with Crippen LogP contribution in [0.15, 0.2) is 24.3 Å². The highest BCUT2D eigenvalue weighted by Crippen LogP contribution is 2.39. The topological polar surface area (TPSA) is 63.4 Å². The number of hydrogen-bond acceptors (Lipinski definition) is 3. The van der Waals surface area contributed by atoms with Gasteiger partial charge in [-0.2, -0.15) is 0 Å². The SMILES string of the molecule is O=[N+]([O-])c1ccc(CCC2(O)CC2)cc1. The highest BCUT2D eigenvalue weighted by atomic mass is 16.6. The van der Waals surface area contributed by atoms with Crippen molar-refractivity contribution in [2.24, 2.45) is 0 Å². The molecule has 1 N–H and O–H groups in total. The molecule has 1 saturated carbocycles. The minimum absolute atomic E-state index is 0.115. The zero-order valence-corrected chi connectivity index (χ0v) is 8.35. The van der Waals surface area contributed by atoms with Gasteiger partial charge in [0.2, 0.25) is 0 Å². The summed E-state index contributed by atoms with van der Waals surface area (Å²) in [6.07, 6.45) is 3.32. The second-order valence-electron chi connectivity index (χ2n) is 4.15. The molecule has 15 heavy (non-hydrogen) atoms. The third-order valence-corrected chi connectivity index (χ3v) is 2.85. The van der Waals surface area contributed by atoms with Crippen molar-refractivity contribution in [1.82, 2.24) is 0 Å². The molecule has 1 aliphatic rings. The first kappa shape index (κ1) is 10.1. The van der Waals surface area contributed by atoms with E-state index in [0.717, 1.165) is 31.2 Å². The molecule has 1 fully saturated rings. The molecule has 1 aliphatic carbocycles. The second-order valence-corrected chi connectivity index (χ2v) is 4.15. The van der Waals surface area contributed by atoms with Gasteiger partial charge < -0.3 is 5.11 Å². The van der Waals surface area contributed by atoms with Crippen molar-refractivity contribution >= 4 is 5.69 Å². The van der Waals surface area contributed by atoms with Gasteiger partial charge in [-0.1, -0.05) is 12.1 Å². The summed E-state index contributed by atoms with van der Waals surface area (Å²) in [4.78, 5) is 10.0. The van der Waals surface area contributed by atoms with Crippen molar-refractivity contribution in [1.29, 1.82) is 0 Å². The lowest BCUT2D eigenvalue weighted by atomic mass is 10.1. The van der Waals surface area contributed by atoms with E-state index in [9.17, 15) is 15.2 Å². The van der Waals surface area contributed by atoms with Crippen LogP contribution < -0.4 is 0 Å². The Hall–Kier alpha value is -1.42. The Balaban J connectivity index is 1.95. The summed E-state index contributed by atoms with van der Waals surface area (Å²) >= 11 is 0. The van der Waals surface area contributed by atoms with Crippen molar-refractivity contribution in [2.45, 2.75) is 31.3 Å². The maximum Gasteiger partial charge on any atom is 0.269 e. The van der Waals surface area contributed by atoms with Crippen molar-refractivity contribution < 1.29 is 10.0 Å². The Kier molecular flexibility index (Phi) is 2.44. The fraction of sp³-hybridized carbons (Fsp3) is 0.455. The van der Waals surface area contributed by atoms with Gasteiger partial charge in [0.15, 0.2) is 0 Å². The van der Waals surface area contributed by atoms with Crippen molar-refractivity contribution in [3.8, 4) is 0 Å². The van der Waals surface area contributed by atoms with Crippen LogP contribution in [0.2, 0.25) is 0 Å². The van der Waals surface area contributed by atoms with Gasteiger partial charge in [0.25, 0.3) is 5.69 Å². The Bertz CT molecular complexity index is 368. The monoisotopic (exact) mass is 207 g/mol. The molecular formula is C11H13NO3. The summed E-state index contributed by atoms with van der Waals surface area (Å²) in [5.74, 6) is 0. The molecule has 0 bridgehead atoms. The highest BCUT2D eigenvalue weighted by Gasteiger charge is 2.39. The molecule has 2 rings (SSSR count). The van der Waals surface area contributed by atoms with Crippen LogP contribution >= 0.6 is 0 Å². The molecule has 0 aliphatic heterocycles. The predicted octanol–water partition coefficient (Wildman–Crippen LogP) is 2.05. The smallest absolute Gasteiger partial charge is 0.269 e. The number of nitro groups is 1. The molecule has 0 atom stereocenters. The summed E-state index contributed by atoms with van der Waals surface area (Å²) in [6, 6.07) is 6.52. The molecule has 1 aromatic carbocycles. The summed E-state index contributed by atoms with van der Waals surface area (Å²) in [7, 11) is 0. The van der Waals surface area contributed by atoms with E-state index >= 15 is 0 Å². The molecule has 80 valence electrons. The molecule has 0 unspecified atom stereocenters. The standard InChI is InChI=1S/C11H13NO3/c13-11(7-8-11)6-5-9-1-3-10(4-2-9)12(14)15/h1-4,13H,5-8H2. The number of aliphatic hydroxyl groups is 1. The Morgan fingerprint density at radius 3 is 2.40 bits per heavy atom. The van der Waals surface area contributed by atoms with E-state index in [1.165, 1.54) is 12.1 Å². The van der Waals surface area contributed by atoms with Crippen LogP contribution in [0.5, 0.6) is 0 Å². The van der Waals surface area contributed by atoms with Crippen LogP contribution in [0.4, 0.5) is 5.69 Å². The number of nitrogens with zero attached hydrogens (tertiary/aromatic N) is 1. The van der Waals surface area contributed by atoms with Gasteiger partial charge in [0.1, 0.15) is 0 Å². The lowest BCUT2D eigenvalue weighted by Crippen LogP contribution is -2.07. The first-order valence-corrected chi connectivity index (χ1v) is 5.05. The molecule has 0 aromatic heterocycles. The van der Waals surface area contributed by atoms with Gasteiger partial charge in [-0.3, -0.25) is 10.1 Å². The van der Waals surface area contributed by atoms with E-state index in [1.807, 2.05) is 0 Å². The van der Waals surface area contributed by atoms with Crippen molar-refractivity contribution in [3.63, 3.8) is 0 Å². The molecule has 0 saturated heterocycles. The van der Waals surface area contributed by atoms with Gasteiger partial charge >= 0.3 is 0 Å². The van der Waals surface area contributed by atoms with Gasteiger partial charge in [-0.25, -0.2) is 0 Å². The van der Waals surface area contributed by atoms with E-state index in [1.54, 1.807) is 12.1 Å². The van der Waals surface area contributed by atoms with E-state index in [4.69, 9.17) is 0 Å². The number of nitro benzene ring substituents is 1. The van der Waals surface area contributed by atoms with Gasteiger partial charge in [0.05, 0.1) is 10.5 Å². The maximum atomic E-state index is 10.4. The van der Waals surface area contributed by atoms with Crippen LogP contribution in [0.3, 0.4) is 0 Å². The van der Waals surface area contributed by atoms with Gasteiger partial charge in [0, 0.05) is 12.1 Å². The molecular weight excluding hydrogens is 194 g/mol. The zero-order chi connectivity index (χ0) is 10.9. The average Bonchev–Trinajstić information content (AvgIpc) is 2.95. The van der Waals surface area contributed by atoms with Crippen LogP contribution in [-0.2, 0) is 6.42 Å². The molecule has 0 heterocycles. The Morgan fingerprint density at radius 1 is 1.33 bits per heavy atom. The first-order valence-electron chi connectivity index (χ1n) is 5.05. The number of non-ortho nitro benzene ring substituents is 1. The Labute approximate surface area is 87.7 Å². The minimum atomic E-state index is -0.443. The molecule has 0 amide bonds. The number of benzene rings is 1. The lowest BCUT2D eigenvalue weighted by Gasteiger charge is -2.06. The summed E-state index contributed by atoms with van der Waals surface area (Å²) in [5, 5.41) is 20.0. The van der Waals surface area contributed by atoms with E-state index in [2.05, 4.69) is 0 Å². The number of rotatable bonds is 4. The van der Waals surface area contributed by atoms with Crippen LogP contribution in [0.1, 0.15) is 24.8 Å². The fourth-order valence-electron chi connectivity index (χ4n) is 1.56. The van der Waals surface area contributed by atoms with E-state index in [0.29, 0.717) is 0 Å². The largest absolute Gasteiger partial charge is 0.390 e. The van der Waals surface area contributed by atoms with Crippen molar-refractivity contribution in [3.05, 3.63) is 39.9 Å². The summed E-state index contributed by atoms with van der Waals surface area (Å²) in [5.41, 5.74) is 0.715. The fourth-order valence-corrected chi connectivity index (χ4v) is 1.56. The van der Waals surface area contributed by atoms with Crippen molar-refractivity contribution in [2.75, 3.05) is 0 Å². The van der Waals surface area contributed by atoms with Crippen LogP contribution in [-0.4, -0.2) is 15.6 Å². The summed E-state index contributed by atoms with van der Waals surface area (Å²) in [6.45, 7) is 0. The first-order chi connectivity index (χ1) is 7.09. The highest BCUT2D eigenvalue weighted by molar-refractivity contribution is 5.33. The van der Waals surface area contributed by atoms with Crippen LogP contribution in [0, 0.1) is 10.1 Å². The predicted molar refractivity (Wildman–Crippen MR) is 55.6 cm³/mol. The molecule has 1 aromatic rings. The quantitative estimate of drug-likeness (QED) is 0.607. The van der Waals surface area contributed by atoms with Gasteiger partial charge in [-0.05, 0) is 31.2 Å². The zero-order valence-electron chi connectivity index (χ0n) is 8.35. The third kappa shape index (κ3) is 2.53. The molecule has 0 spiro atoms. The molecule has 0 radical (unpaired) electrons. The summed E-state index contributed by atoms with van der Waals surface area (Å²) < 4.78 is 0. The maximum absolute atomic E-state index is 10.4. The normalized spacial score (nSPS) is 17.4. The molecule has 4 nitrogen and oxygen atoms in total. The van der Waals surface area contributed by atoms with Gasteiger partial charge in [-0.15, -0.1) is 0 Å². The van der Waals surface area contributed by atoms with Crippen LogP contribution in [0.25, 0.3) is 0 Å². The van der Waals surface area contributed by atoms with E-state index in [-0.39, 0.29) is 5.69 Å². The number of hydrogen-bond donors (Lipinski definition) is 1. The Morgan fingerprint density at radius 2 is 1.93 bits per heavy atom. The lowest BCUT2D eigenvalue weighted by molar-refractivity contribution is -0.384. The second kappa shape index (κ2) is 3.62. The third-order valence-electron chi connectivity index (χ3n) is 2.85. The average molecular weight is 207 g/mol. The minimum Gasteiger partial charge on any atom is -0.390 e. The molecule has 4 heteroatoms. The van der Waals surface area contributed by atoms with E-state index < -0.39 is 10.5 Å².